The van der Waals surface area contributed by atoms with Crippen molar-refractivity contribution >= 4 is 11.8 Å². The molecule has 0 aromatic heterocycles. The second kappa shape index (κ2) is 10.8. The number of benzene rings is 2. The van der Waals surface area contributed by atoms with E-state index in [1.807, 2.05) is 55.5 Å². The first-order chi connectivity index (χ1) is 14.2. The predicted octanol–water partition coefficient (Wildman–Crippen LogP) is 4.14. The van der Waals surface area contributed by atoms with Crippen LogP contribution in [0.15, 0.2) is 60.7 Å². The van der Waals surface area contributed by atoms with Crippen molar-refractivity contribution in [3.05, 3.63) is 71.8 Å². The Morgan fingerprint density at radius 2 is 1.55 bits per heavy atom. The van der Waals surface area contributed by atoms with Crippen molar-refractivity contribution in [3.8, 4) is 0 Å². The van der Waals surface area contributed by atoms with Crippen LogP contribution in [0.3, 0.4) is 0 Å². The molecule has 0 bridgehead atoms. The SMILES string of the molecule is CCC(C(=O)NC1CCCC1)N(CCc1ccccc1)C(=O)Cc1ccccc1. The van der Waals surface area contributed by atoms with Crippen LogP contribution in [0.5, 0.6) is 0 Å². The first-order valence-electron chi connectivity index (χ1n) is 10.8. The summed E-state index contributed by atoms with van der Waals surface area (Å²) in [6.07, 6.45) is 6.12. The van der Waals surface area contributed by atoms with Crippen LogP contribution in [-0.4, -0.2) is 35.3 Å². The number of hydrogen-bond acceptors (Lipinski definition) is 2. The minimum absolute atomic E-state index is 0.00567. The van der Waals surface area contributed by atoms with Crippen molar-refractivity contribution < 1.29 is 9.59 Å². The van der Waals surface area contributed by atoms with Crippen LogP contribution in [0.2, 0.25) is 0 Å². The first-order valence-corrected chi connectivity index (χ1v) is 10.8. The maximum absolute atomic E-state index is 13.2. The van der Waals surface area contributed by atoms with Crippen LogP contribution in [-0.2, 0) is 22.4 Å². The Hall–Kier alpha value is -2.62. The van der Waals surface area contributed by atoms with Crippen LogP contribution in [0.1, 0.15) is 50.2 Å². The highest BCUT2D eigenvalue weighted by Crippen LogP contribution is 2.19. The lowest BCUT2D eigenvalue weighted by molar-refractivity contribution is -0.140. The summed E-state index contributed by atoms with van der Waals surface area (Å²) < 4.78 is 0. The van der Waals surface area contributed by atoms with E-state index in [9.17, 15) is 9.59 Å². The molecule has 1 N–H and O–H groups in total. The molecule has 0 spiro atoms. The van der Waals surface area contributed by atoms with Gasteiger partial charge in [0.05, 0.1) is 6.42 Å². The molecular formula is C25H32N2O2. The summed E-state index contributed by atoms with van der Waals surface area (Å²) in [5.74, 6) is 0.00873. The van der Waals surface area contributed by atoms with Gasteiger partial charge in [-0.3, -0.25) is 9.59 Å². The lowest BCUT2D eigenvalue weighted by Crippen LogP contribution is -2.52. The van der Waals surface area contributed by atoms with Gasteiger partial charge in [0, 0.05) is 12.6 Å². The molecule has 1 aliphatic rings. The fourth-order valence-corrected chi connectivity index (χ4v) is 4.14. The van der Waals surface area contributed by atoms with E-state index in [4.69, 9.17) is 0 Å². The van der Waals surface area contributed by atoms with Gasteiger partial charge < -0.3 is 10.2 Å². The van der Waals surface area contributed by atoms with Crippen molar-refractivity contribution in [1.82, 2.24) is 10.2 Å². The van der Waals surface area contributed by atoms with Gasteiger partial charge in [-0.25, -0.2) is 0 Å². The fourth-order valence-electron chi connectivity index (χ4n) is 4.14. The number of carbonyl (C=O) groups is 2. The van der Waals surface area contributed by atoms with Crippen LogP contribution < -0.4 is 5.32 Å². The molecule has 0 radical (unpaired) electrons. The van der Waals surface area contributed by atoms with E-state index < -0.39 is 6.04 Å². The van der Waals surface area contributed by atoms with Crippen molar-refractivity contribution in [2.45, 2.75) is 64.0 Å². The Kier molecular flexibility index (Phi) is 7.85. The molecule has 0 heterocycles. The number of carbonyl (C=O) groups excluding carboxylic acids is 2. The van der Waals surface area contributed by atoms with Crippen LogP contribution in [0.4, 0.5) is 0 Å². The molecule has 0 aliphatic heterocycles. The molecule has 1 saturated carbocycles. The van der Waals surface area contributed by atoms with Crippen LogP contribution >= 0.6 is 0 Å². The first kappa shape index (κ1) is 21.1. The van der Waals surface area contributed by atoms with E-state index in [0.29, 0.717) is 19.4 Å². The molecule has 0 saturated heterocycles. The Bertz CT molecular complexity index is 770. The highest BCUT2D eigenvalue weighted by molar-refractivity contribution is 5.88. The smallest absolute Gasteiger partial charge is 0.243 e. The third-order valence-corrected chi connectivity index (χ3v) is 5.77. The molecule has 4 nitrogen and oxygen atoms in total. The van der Waals surface area contributed by atoms with Crippen molar-refractivity contribution in [1.29, 1.82) is 0 Å². The standard InChI is InChI=1S/C25H32N2O2/c1-2-23(25(29)26-22-15-9-10-16-22)27(18-17-20-11-5-3-6-12-20)24(28)19-21-13-7-4-8-14-21/h3-8,11-14,22-23H,2,9-10,15-19H2,1H3,(H,26,29). The molecule has 154 valence electrons. The second-order valence-electron chi connectivity index (χ2n) is 7.90. The summed E-state index contributed by atoms with van der Waals surface area (Å²) in [4.78, 5) is 28.1. The molecule has 1 atom stereocenters. The largest absolute Gasteiger partial charge is 0.352 e. The van der Waals surface area contributed by atoms with Gasteiger partial charge in [-0.15, -0.1) is 0 Å². The van der Waals surface area contributed by atoms with E-state index in [1.165, 1.54) is 18.4 Å². The second-order valence-corrected chi connectivity index (χ2v) is 7.90. The molecule has 2 aromatic rings. The maximum atomic E-state index is 13.2. The van der Waals surface area contributed by atoms with Gasteiger partial charge >= 0.3 is 0 Å². The van der Waals surface area contributed by atoms with Crippen molar-refractivity contribution in [2.75, 3.05) is 6.54 Å². The van der Waals surface area contributed by atoms with Gasteiger partial charge in [0.25, 0.3) is 0 Å². The molecule has 1 aliphatic carbocycles. The van der Waals surface area contributed by atoms with Crippen molar-refractivity contribution in [3.63, 3.8) is 0 Å². The van der Waals surface area contributed by atoms with Gasteiger partial charge in [0.15, 0.2) is 0 Å². The van der Waals surface area contributed by atoms with Crippen molar-refractivity contribution in [2.24, 2.45) is 0 Å². The molecule has 1 fully saturated rings. The zero-order valence-electron chi connectivity index (χ0n) is 17.3. The lowest BCUT2D eigenvalue weighted by atomic mass is 10.1. The van der Waals surface area contributed by atoms with Crippen LogP contribution in [0, 0.1) is 0 Å². The Labute approximate surface area is 174 Å². The van der Waals surface area contributed by atoms with Gasteiger partial charge in [0.2, 0.25) is 11.8 Å². The van der Waals surface area contributed by atoms with E-state index in [0.717, 1.165) is 24.8 Å². The van der Waals surface area contributed by atoms with E-state index in [-0.39, 0.29) is 17.9 Å². The zero-order chi connectivity index (χ0) is 20.5. The highest BCUT2D eigenvalue weighted by atomic mass is 16.2. The van der Waals surface area contributed by atoms with Gasteiger partial charge in [-0.2, -0.15) is 0 Å². The fraction of sp³-hybridized carbons (Fsp3) is 0.440. The summed E-state index contributed by atoms with van der Waals surface area (Å²) in [5, 5.41) is 3.19. The van der Waals surface area contributed by atoms with Gasteiger partial charge in [0.1, 0.15) is 6.04 Å². The minimum atomic E-state index is -0.421. The summed E-state index contributed by atoms with van der Waals surface area (Å²) in [6.45, 7) is 2.54. The lowest BCUT2D eigenvalue weighted by Gasteiger charge is -2.31. The summed E-state index contributed by atoms with van der Waals surface area (Å²) in [6, 6.07) is 19.8. The number of nitrogens with one attached hydrogen (secondary N) is 1. The zero-order valence-corrected chi connectivity index (χ0v) is 17.3. The van der Waals surface area contributed by atoms with Crippen LogP contribution in [0.25, 0.3) is 0 Å². The average molecular weight is 393 g/mol. The Morgan fingerprint density at radius 3 is 2.14 bits per heavy atom. The number of amides is 2. The highest BCUT2D eigenvalue weighted by Gasteiger charge is 2.30. The molecule has 1 unspecified atom stereocenters. The topological polar surface area (TPSA) is 49.4 Å². The van der Waals surface area contributed by atoms with Gasteiger partial charge in [-0.05, 0) is 36.8 Å². The molecule has 29 heavy (non-hydrogen) atoms. The number of hydrogen-bond donors (Lipinski definition) is 1. The predicted molar refractivity (Wildman–Crippen MR) is 116 cm³/mol. The van der Waals surface area contributed by atoms with E-state index in [1.54, 1.807) is 4.90 Å². The van der Waals surface area contributed by atoms with Gasteiger partial charge in [-0.1, -0.05) is 80.4 Å². The average Bonchev–Trinajstić information content (AvgIpc) is 3.25. The summed E-state index contributed by atoms with van der Waals surface area (Å²) in [5.41, 5.74) is 2.16. The summed E-state index contributed by atoms with van der Waals surface area (Å²) >= 11 is 0. The third kappa shape index (κ3) is 6.18. The monoisotopic (exact) mass is 392 g/mol. The van der Waals surface area contributed by atoms with E-state index in [2.05, 4.69) is 17.4 Å². The Balaban J connectivity index is 1.73. The normalized spacial score (nSPS) is 15.1. The maximum Gasteiger partial charge on any atom is 0.243 e. The minimum Gasteiger partial charge on any atom is -0.352 e. The quantitative estimate of drug-likeness (QED) is 0.697. The number of nitrogens with zero attached hydrogens (tertiary/aromatic N) is 1. The number of rotatable bonds is 9. The van der Waals surface area contributed by atoms with E-state index >= 15 is 0 Å². The molecule has 2 aromatic carbocycles. The molecule has 2 amide bonds. The molecular weight excluding hydrogens is 360 g/mol. The molecule has 4 heteroatoms. The molecule has 3 rings (SSSR count). The summed E-state index contributed by atoms with van der Waals surface area (Å²) in [7, 11) is 0. The Morgan fingerprint density at radius 1 is 0.966 bits per heavy atom. The third-order valence-electron chi connectivity index (χ3n) is 5.77.